The van der Waals surface area contributed by atoms with E-state index in [1.807, 2.05) is 4.90 Å². The van der Waals surface area contributed by atoms with Crippen molar-refractivity contribution in [3.05, 3.63) is 11.7 Å². The largest absolute Gasteiger partial charge is 0.337 e. The van der Waals surface area contributed by atoms with Crippen molar-refractivity contribution in [1.82, 2.24) is 15.0 Å². The van der Waals surface area contributed by atoms with Gasteiger partial charge in [0.15, 0.2) is 5.82 Å². The summed E-state index contributed by atoms with van der Waals surface area (Å²) in [5, 5.41) is 4.13. The maximum Gasteiger partial charge on any atom is 0.249 e. The van der Waals surface area contributed by atoms with Gasteiger partial charge >= 0.3 is 0 Å². The van der Waals surface area contributed by atoms with Gasteiger partial charge in [-0.05, 0) is 38.5 Å². The normalized spacial score (nSPS) is 24.6. The Morgan fingerprint density at radius 1 is 1.27 bits per heavy atom. The second-order valence-electron chi connectivity index (χ2n) is 6.82. The second kappa shape index (κ2) is 6.80. The molecule has 5 heteroatoms. The summed E-state index contributed by atoms with van der Waals surface area (Å²) in [5.74, 6) is 2.25. The Labute approximate surface area is 132 Å². The molecule has 1 aromatic rings. The molecule has 0 radical (unpaired) electrons. The van der Waals surface area contributed by atoms with Gasteiger partial charge in [-0.2, -0.15) is 4.98 Å². The number of rotatable bonds is 4. The van der Waals surface area contributed by atoms with Crippen LogP contribution in [0.25, 0.3) is 0 Å². The third kappa shape index (κ3) is 3.03. The minimum atomic E-state index is -0.00726. The van der Waals surface area contributed by atoms with Gasteiger partial charge in [0, 0.05) is 18.4 Å². The predicted molar refractivity (Wildman–Crippen MR) is 83.3 cm³/mol. The highest BCUT2D eigenvalue weighted by Gasteiger charge is 2.36. The SMILES string of the molecule is CC[C@H](C)c1noc([C@@H]2CCCCN2C(=O)C2CCCC2)n1. The molecular formula is C17H27N3O2. The van der Waals surface area contributed by atoms with Gasteiger partial charge in [0.25, 0.3) is 0 Å². The summed E-state index contributed by atoms with van der Waals surface area (Å²) in [6.07, 6.45) is 8.62. The Morgan fingerprint density at radius 3 is 2.73 bits per heavy atom. The van der Waals surface area contributed by atoms with Gasteiger partial charge in [-0.25, -0.2) is 0 Å². The van der Waals surface area contributed by atoms with Crippen LogP contribution in [0.1, 0.15) is 88.9 Å². The molecular weight excluding hydrogens is 278 g/mol. The fourth-order valence-electron chi connectivity index (χ4n) is 3.62. The summed E-state index contributed by atoms with van der Waals surface area (Å²) in [4.78, 5) is 19.4. The van der Waals surface area contributed by atoms with Crippen molar-refractivity contribution in [2.24, 2.45) is 5.92 Å². The van der Waals surface area contributed by atoms with E-state index in [1.54, 1.807) is 0 Å². The van der Waals surface area contributed by atoms with Crippen molar-refractivity contribution in [3.8, 4) is 0 Å². The number of amides is 1. The summed E-state index contributed by atoms with van der Waals surface area (Å²) in [6.45, 7) is 5.06. The van der Waals surface area contributed by atoms with Gasteiger partial charge in [-0.3, -0.25) is 4.79 Å². The Kier molecular flexibility index (Phi) is 4.79. The van der Waals surface area contributed by atoms with Crippen molar-refractivity contribution >= 4 is 5.91 Å². The number of piperidine rings is 1. The van der Waals surface area contributed by atoms with Crippen molar-refractivity contribution in [2.75, 3.05) is 6.54 Å². The van der Waals surface area contributed by atoms with Gasteiger partial charge in [-0.1, -0.05) is 31.8 Å². The first kappa shape index (κ1) is 15.5. The average Bonchev–Trinajstić information content (AvgIpc) is 3.25. The number of hydrogen-bond donors (Lipinski definition) is 0. The van der Waals surface area contributed by atoms with Gasteiger partial charge in [0.05, 0.1) is 0 Å². The molecule has 2 atom stereocenters. The standard InChI is InChI=1S/C17H27N3O2/c1-3-12(2)15-18-16(22-19-15)14-10-6-7-11-20(14)17(21)13-8-4-5-9-13/h12-14H,3-11H2,1-2H3/t12-,14-/m0/s1. The molecule has 2 aliphatic rings. The lowest BCUT2D eigenvalue weighted by atomic mass is 9.98. The highest BCUT2D eigenvalue weighted by molar-refractivity contribution is 5.79. The minimum absolute atomic E-state index is 0.00726. The number of hydrogen-bond acceptors (Lipinski definition) is 4. The van der Waals surface area contributed by atoms with Crippen LogP contribution in [0.3, 0.4) is 0 Å². The molecule has 122 valence electrons. The van der Waals surface area contributed by atoms with E-state index >= 15 is 0 Å². The van der Waals surface area contributed by atoms with Crippen LogP contribution >= 0.6 is 0 Å². The summed E-state index contributed by atoms with van der Waals surface area (Å²) < 4.78 is 5.52. The first-order valence-corrected chi connectivity index (χ1v) is 8.84. The number of aromatic nitrogens is 2. The van der Waals surface area contributed by atoms with Crippen LogP contribution in [0.2, 0.25) is 0 Å². The molecule has 1 aliphatic carbocycles. The van der Waals surface area contributed by atoms with E-state index in [0.29, 0.717) is 17.7 Å². The molecule has 2 fully saturated rings. The quantitative estimate of drug-likeness (QED) is 0.848. The average molecular weight is 305 g/mol. The zero-order valence-electron chi connectivity index (χ0n) is 13.8. The summed E-state index contributed by atoms with van der Waals surface area (Å²) >= 11 is 0. The second-order valence-corrected chi connectivity index (χ2v) is 6.82. The molecule has 1 saturated carbocycles. The molecule has 1 amide bonds. The van der Waals surface area contributed by atoms with Crippen LogP contribution in [-0.4, -0.2) is 27.5 Å². The molecule has 1 aliphatic heterocycles. The lowest BCUT2D eigenvalue weighted by Crippen LogP contribution is -2.41. The highest BCUT2D eigenvalue weighted by Crippen LogP contribution is 2.35. The van der Waals surface area contributed by atoms with Crippen LogP contribution in [-0.2, 0) is 4.79 Å². The zero-order valence-corrected chi connectivity index (χ0v) is 13.8. The molecule has 0 N–H and O–H groups in total. The zero-order chi connectivity index (χ0) is 15.5. The Morgan fingerprint density at radius 2 is 2.00 bits per heavy atom. The summed E-state index contributed by atoms with van der Waals surface area (Å²) in [7, 11) is 0. The van der Waals surface area contributed by atoms with E-state index in [9.17, 15) is 4.79 Å². The van der Waals surface area contributed by atoms with E-state index < -0.39 is 0 Å². The molecule has 5 nitrogen and oxygen atoms in total. The third-order valence-corrected chi connectivity index (χ3v) is 5.29. The lowest BCUT2D eigenvalue weighted by molar-refractivity contribution is -0.140. The molecule has 1 aromatic heterocycles. The molecule has 1 saturated heterocycles. The smallest absolute Gasteiger partial charge is 0.249 e. The van der Waals surface area contributed by atoms with Crippen LogP contribution in [0.4, 0.5) is 0 Å². The van der Waals surface area contributed by atoms with E-state index in [4.69, 9.17) is 4.52 Å². The highest BCUT2D eigenvalue weighted by atomic mass is 16.5. The fourth-order valence-corrected chi connectivity index (χ4v) is 3.62. The summed E-state index contributed by atoms with van der Waals surface area (Å²) in [5.41, 5.74) is 0. The van der Waals surface area contributed by atoms with Crippen LogP contribution in [0, 0.1) is 5.92 Å². The maximum absolute atomic E-state index is 12.8. The monoisotopic (exact) mass is 305 g/mol. The van der Waals surface area contributed by atoms with E-state index in [1.165, 1.54) is 12.8 Å². The molecule has 22 heavy (non-hydrogen) atoms. The molecule has 0 spiro atoms. The van der Waals surface area contributed by atoms with Gasteiger partial charge in [0.1, 0.15) is 6.04 Å². The Balaban J connectivity index is 1.77. The molecule has 3 rings (SSSR count). The first-order chi connectivity index (χ1) is 10.7. The van der Waals surface area contributed by atoms with E-state index in [2.05, 4.69) is 24.0 Å². The Bertz CT molecular complexity index is 508. The topological polar surface area (TPSA) is 59.2 Å². The van der Waals surface area contributed by atoms with Gasteiger partial charge in [-0.15, -0.1) is 0 Å². The Hall–Kier alpha value is -1.39. The van der Waals surface area contributed by atoms with Crippen molar-refractivity contribution in [3.63, 3.8) is 0 Å². The maximum atomic E-state index is 12.8. The third-order valence-electron chi connectivity index (χ3n) is 5.29. The molecule has 0 aromatic carbocycles. The molecule has 2 heterocycles. The van der Waals surface area contributed by atoms with Crippen LogP contribution < -0.4 is 0 Å². The van der Waals surface area contributed by atoms with Gasteiger partial charge < -0.3 is 9.42 Å². The van der Waals surface area contributed by atoms with E-state index in [0.717, 1.165) is 50.9 Å². The number of likely N-dealkylation sites (tertiary alicyclic amines) is 1. The molecule has 0 unspecified atom stereocenters. The van der Waals surface area contributed by atoms with Crippen LogP contribution in [0.5, 0.6) is 0 Å². The van der Waals surface area contributed by atoms with Crippen molar-refractivity contribution in [1.29, 1.82) is 0 Å². The van der Waals surface area contributed by atoms with Gasteiger partial charge in [0.2, 0.25) is 11.8 Å². The fraction of sp³-hybridized carbons (Fsp3) is 0.824. The number of carbonyl (C=O) groups excluding carboxylic acids is 1. The predicted octanol–water partition coefficient (Wildman–Crippen LogP) is 3.83. The number of nitrogens with zero attached hydrogens (tertiary/aromatic N) is 3. The molecule has 0 bridgehead atoms. The van der Waals surface area contributed by atoms with Crippen molar-refractivity contribution < 1.29 is 9.32 Å². The van der Waals surface area contributed by atoms with Crippen LogP contribution in [0.15, 0.2) is 4.52 Å². The van der Waals surface area contributed by atoms with E-state index in [-0.39, 0.29) is 12.0 Å². The number of carbonyl (C=O) groups is 1. The summed E-state index contributed by atoms with van der Waals surface area (Å²) in [6, 6.07) is -0.00726. The lowest BCUT2D eigenvalue weighted by Gasteiger charge is -2.35. The first-order valence-electron chi connectivity index (χ1n) is 8.84. The minimum Gasteiger partial charge on any atom is -0.337 e. The van der Waals surface area contributed by atoms with Crippen molar-refractivity contribution in [2.45, 2.75) is 77.2 Å².